The summed E-state index contributed by atoms with van der Waals surface area (Å²) in [5.41, 5.74) is 3.51. The number of fused-ring (bicyclic) bond motifs is 1. The second-order valence-corrected chi connectivity index (χ2v) is 13.0. The van der Waals surface area contributed by atoms with Crippen molar-refractivity contribution in [2.24, 2.45) is 11.8 Å². The molecule has 7 rings (SSSR count). The summed E-state index contributed by atoms with van der Waals surface area (Å²) in [4.78, 5) is 34.4. The highest BCUT2D eigenvalue weighted by Gasteiger charge is 2.47. The first-order valence-corrected chi connectivity index (χ1v) is 15.6. The van der Waals surface area contributed by atoms with E-state index in [-0.39, 0.29) is 18.4 Å². The maximum atomic E-state index is 13.3. The molecule has 5 atom stereocenters. The van der Waals surface area contributed by atoms with Crippen LogP contribution in [0.2, 0.25) is 0 Å². The maximum absolute atomic E-state index is 13.3. The molecule has 0 bridgehead atoms. The molecule has 1 amide bonds. The molecule has 3 saturated carbocycles. The molecule has 4 heterocycles. The van der Waals surface area contributed by atoms with E-state index in [1.807, 2.05) is 19.2 Å². The summed E-state index contributed by atoms with van der Waals surface area (Å²) in [6, 6.07) is 1.68. The molecule has 4 N–H and O–H groups in total. The topological polar surface area (TPSA) is 146 Å². The summed E-state index contributed by atoms with van der Waals surface area (Å²) >= 11 is 1.58. The Morgan fingerprint density at radius 3 is 2.63 bits per heavy atom. The molecular formula is C29H37N7O4S. The summed E-state index contributed by atoms with van der Waals surface area (Å²) in [6.07, 6.45) is 4.52. The van der Waals surface area contributed by atoms with Crippen LogP contribution in [0, 0.1) is 18.8 Å². The van der Waals surface area contributed by atoms with Gasteiger partial charge in [0.25, 0.3) is 0 Å². The van der Waals surface area contributed by atoms with Gasteiger partial charge in [-0.3, -0.25) is 9.78 Å². The van der Waals surface area contributed by atoms with E-state index in [2.05, 4.69) is 22.5 Å². The van der Waals surface area contributed by atoms with E-state index in [9.17, 15) is 15.0 Å². The number of rotatable bonds is 8. The number of morpholine rings is 1. The number of carbonyl (C=O) groups excluding carboxylic acids is 1. The number of nitrogens with one attached hydrogen (secondary N) is 2. The lowest BCUT2D eigenvalue weighted by Crippen LogP contribution is -2.46. The van der Waals surface area contributed by atoms with Gasteiger partial charge in [-0.25, -0.2) is 9.97 Å². The largest absolute Gasteiger partial charge is 0.390 e. The van der Waals surface area contributed by atoms with Crippen LogP contribution in [0.1, 0.15) is 56.3 Å². The summed E-state index contributed by atoms with van der Waals surface area (Å²) in [5, 5.41) is 29.7. The number of aliphatic hydroxyl groups is 2. The second kappa shape index (κ2) is 10.7. The standard InChI is InChI=1S/C29H37N7O4S/c1-14(16-3-4-16)31-29-32-15(2)21(27-34-23-20(41-27)7-8-30-22(23)17-5-6-17)26(35-29)33-19-13-18(24(37)25(19)38)28(39)36-9-11-40-12-10-36/h7-8,14,16-19,24-25,37-38H,3-6,9-13H2,1-2H3,(H2,31,32,33,35). The second-order valence-electron chi connectivity index (χ2n) is 12.0. The molecule has 3 aromatic rings. The molecule has 1 saturated heterocycles. The third-order valence-electron chi connectivity index (χ3n) is 8.93. The van der Waals surface area contributed by atoms with Gasteiger partial charge in [-0.1, -0.05) is 0 Å². The number of thiazole rings is 1. The Morgan fingerprint density at radius 2 is 1.90 bits per heavy atom. The number of pyridine rings is 1. The molecular weight excluding hydrogens is 542 g/mol. The van der Waals surface area contributed by atoms with E-state index in [4.69, 9.17) is 19.7 Å². The van der Waals surface area contributed by atoms with Gasteiger partial charge in [0.15, 0.2) is 0 Å². The summed E-state index contributed by atoms with van der Waals surface area (Å²) in [6.45, 7) is 6.06. The fraction of sp³-hybridized carbons (Fsp3) is 0.621. The number of aromatic nitrogens is 4. The number of aliphatic hydroxyl groups excluding tert-OH is 2. The van der Waals surface area contributed by atoms with Crippen molar-refractivity contribution in [2.45, 2.75) is 76.2 Å². The predicted molar refractivity (Wildman–Crippen MR) is 156 cm³/mol. The highest BCUT2D eigenvalue weighted by molar-refractivity contribution is 7.21. The first-order valence-electron chi connectivity index (χ1n) is 14.8. The van der Waals surface area contributed by atoms with Gasteiger partial charge in [0, 0.05) is 31.2 Å². The van der Waals surface area contributed by atoms with Gasteiger partial charge in [-0.15, -0.1) is 11.3 Å². The van der Waals surface area contributed by atoms with Crippen molar-refractivity contribution in [3.8, 4) is 10.6 Å². The lowest BCUT2D eigenvalue weighted by molar-refractivity contribution is -0.143. The van der Waals surface area contributed by atoms with Crippen LogP contribution < -0.4 is 10.6 Å². The number of anilines is 2. The van der Waals surface area contributed by atoms with Gasteiger partial charge in [0.05, 0.1) is 52.9 Å². The van der Waals surface area contributed by atoms with Crippen molar-refractivity contribution in [1.29, 1.82) is 0 Å². The Hall–Kier alpha value is -2.93. The van der Waals surface area contributed by atoms with Gasteiger partial charge in [-0.05, 0) is 57.9 Å². The monoisotopic (exact) mass is 579 g/mol. The van der Waals surface area contributed by atoms with E-state index >= 15 is 0 Å². The fourth-order valence-electron chi connectivity index (χ4n) is 6.17. The normalized spacial score (nSPS) is 27.3. The van der Waals surface area contributed by atoms with Crippen LogP contribution in [0.5, 0.6) is 0 Å². The average Bonchev–Trinajstić information content (AvgIpc) is 3.90. The van der Waals surface area contributed by atoms with Crippen LogP contribution in [-0.4, -0.2) is 91.6 Å². The molecule has 3 aliphatic carbocycles. The number of nitrogens with zero attached hydrogens (tertiary/aromatic N) is 5. The van der Waals surface area contributed by atoms with Crippen molar-refractivity contribution in [1.82, 2.24) is 24.8 Å². The molecule has 0 radical (unpaired) electrons. The van der Waals surface area contributed by atoms with E-state index in [1.54, 1.807) is 16.2 Å². The Kier molecular flexibility index (Phi) is 7.04. The summed E-state index contributed by atoms with van der Waals surface area (Å²) in [5.74, 6) is 1.30. The third kappa shape index (κ3) is 5.26. The predicted octanol–water partition coefficient (Wildman–Crippen LogP) is 2.93. The molecule has 0 aromatic carbocycles. The van der Waals surface area contributed by atoms with Crippen molar-refractivity contribution in [3.05, 3.63) is 23.7 Å². The zero-order chi connectivity index (χ0) is 28.2. The number of hydrogen-bond acceptors (Lipinski definition) is 11. The number of carbonyl (C=O) groups is 1. The third-order valence-corrected chi connectivity index (χ3v) is 9.97. The fourth-order valence-corrected chi connectivity index (χ4v) is 7.23. The molecule has 4 aliphatic rings. The van der Waals surface area contributed by atoms with Gasteiger partial charge in [0.2, 0.25) is 11.9 Å². The van der Waals surface area contributed by atoms with Gasteiger partial charge in [0.1, 0.15) is 22.4 Å². The molecule has 4 fully saturated rings. The van der Waals surface area contributed by atoms with Gasteiger partial charge >= 0.3 is 0 Å². The molecule has 218 valence electrons. The molecule has 0 spiro atoms. The Labute approximate surface area is 242 Å². The highest BCUT2D eigenvalue weighted by Crippen LogP contribution is 2.45. The lowest BCUT2D eigenvalue weighted by atomic mass is 10.0. The quantitative estimate of drug-likeness (QED) is 0.314. The Bertz CT molecular complexity index is 1450. The lowest BCUT2D eigenvalue weighted by Gasteiger charge is -2.30. The molecule has 11 nitrogen and oxygen atoms in total. The smallest absolute Gasteiger partial charge is 0.228 e. The molecule has 3 aromatic heterocycles. The van der Waals surface area contributed by atoms with Crippen LogP contribution in [0.4, 0.5) is 11.8 Å². The van der Waals surface area contributed by atoms with Crippen molar-refractivity contribution >= 4 is 39.2 Å². The first-order chi connectivity index (χ1) is 19.9. The first kappa shape index (κ1) is 26.9. The van der Waals surface area contributed by atoms with Crippen molar-refractivity contribution < 1.29 is 19.7 Å². The maximum Gasteiger partial charge on any atom is 0.228 e. The van der Waals surface area contributed by atoms with Gasteiger partial charge in [-0.2, -0.15) is 4.98 Å². The molecule has 5 unspecified atom stereocenters. The van der Waals surface area contributed by atoms with E-state index in [1.165, 1.54) is 12.8 Å². The molecule has 41 heavy (non-hydrogen) atoms. The van der Waals surface area contributed by atoms with Crippen LogP contribution in [0.15, 0.2) is 12.3 Å². The van der Waals surface area contributed by atoms with E-state index in [0.717, 1.165) is 45.0 Å². The zero-order valence-corrected chi connectivity index (χ0v) is 24.2. The van der Waals surface area contributed by atoms with Crippen LogP contribution in [0.25, 0.3) is 20.8 Å². The Morgan fingerprint density at radius 1 is 1.12 bits per heavy atom. The average molecular weight is 580 g/mol. The molecule has 12 heteroatoms. The minimum Gasteiger partial charge on any atom is -0.390 e. The number of aryl methyl sites for hydroxylation is 1. The van der Waals surface area contributed by atoms with Crippen LogP contribution in [0.3, 0.4) is 0 Å². The van der Waals surface area contributed by atoms with E-state index in [0.29, 0.717) is 49.9 Å². The van der Waals surface area contributed by atoms with Crippen LogP contribution in [-0.2, 0) is 9.53 Å². The summed E-state index contributed by atoms with van der Waals surface area (Å²) < 4.78 is 6.45. The Balaban J connectivity index is 1.22. The number of amides is 1. The van der Waals surface area contributed by atoms with Crippen molar-refractivity contribution in [3.63, 3.8) is 0 Å². The number of hydrogen-bond donors (Lipinski definition) is 4. The van der Waals surface area contributed by atoms with E-state index < -0.39 is 24.2 Å². The number of ether oxygens (including phenoxy) is 1. The zero-order valence-electron chi connectivity index (χ0n) is 23.4. The minimum atomic E-state index is -1.17. The van der Waals surface area contributed by atoms with Crippen molar-refractivity contribution in [2.75, 3.05) is 36.9 Å². The molecule has 1 aliphatic heterocycles. The van der Waals surface area contributed by atoms with Gasteiger partial charge < -0.3 is 30.5 Å². The highest BCUT2D eigenvalue weighted by atomic mass is 32.1. The van der Waals surface area contributed by atoms with Crippen LogP contribution >= 0.6 is 11.3 Å². The minimum absolute atomic E-state index is 0.143. The SMILES string of the molecule is Cc1nc(NC(C)C2CC2)nc(NC2CC(C(=O)N3CCOCC3)C(O)C2O)c1-c1nc2c(C3CC3)nccc2s1. The summed E-state index contributed by atoms with van der Waals surface area (Å²) in [7, 11) is 0.